The van der Waals surface area contributed by atoms with Crippen LogP contribution in [0.1, 0.15) is 40.9 Å². The van der Waals surface area contributed by atoms with Crippen molar-refractivity contribution in [1.29, 1.82) is 0 Å². The van der Waals surface area contributed by atoms with Crippen LogP contribution in [0.25, 0.3) is 0 Å². The summed E-state index contributed by atoms with van der Waals surface area (Å²) in [6.07, 6.45) is 6.15. The molecule has 2 N–H and O–H groups in total. The predicted octanol–water partition coefficient (Wildman–Crippen LogP) is 1.82. The first-order chi connectivity index (χ1) is 8.79. The first kappa shape index (κ1) is 13.5. The van der Waals surface area contributed by atoms with Crippen molar-refractivity contribution in [3.63, 3.8) is 0 Å². The maximum Gasteiger partial charge on any atom is 0.263 e. The molecule has 0 spiro atoms. The molecule has 2 heterocycles. The zero-order chi connectivity index (χ0) is 12.8. The first-order valence-electron chi connectivity index (χ1n) is 6.73. The minimum atomic E-state index is 0.0282. The van der Waals surface area contributed by atoms with Crippen molar-refractivity contribution in [2.75, 3.05) is 19.6 Å². The van der Waals surface area contributed by atoms with Crippen LogP contribution in [0.15, 0.2) is 6.20 Å². The molecule has 0 radical (unpaired) electrons. The van der Waals surface area contributed by atoms with Crippen molar-refractivity contribution in [2.24, 2.45) is 5.92 Å². The van der Waals surface area contributed by atoms with Crippen LogP contribution >= 0.6 is 11.3 Å². The number of nitrogens with one attached hydrogen (secondary N) is 2. The second-order valence-electron chi connectivity index (χ2n) is 4.79. The molecule has 1 amide bonds. The summed E-state index contributed by atoms with van der Waals surface area (Å²) in [6, 6.07) is 0. The minimum absolute atomic E-state index is 0.0282. The average Bonchev–Trinajstić information content (AvgIpc) is 2.86. The predicted molar refractivity (Wildman–Crippen MR) is 74.0 cm³/mol. The Hall–Kier alpha value is -0.940. The van der Waals surface area contributed by atoms with Gasteiger partial charge in [0.2, 0.25) is 0 Å². The van der Waals surface area contributed by atoms with Crippen molar-refractivity contribution in [1.82, 2.24) is 15.6 Å². The fourth-order valence-electron chi connectivity index (χ4n) is 2.17. The van der Waals surface area contributed by atoms with E-state index in [4.69, 9.17) is 0 Å². The molecule has 0 aliphatic carbocycles. The number of thiazole rings is 1. The highest BCUT2D eigenvalue weighted by molar-refractivity contribution is 7.13. The number of carbonyl (C=O) groups excluding carboxylic acids is 1. The quantitative estimate of drug-likeness (QED) is 0.855. The Balaban J connectivity index is 1.79. The first-order valence-corrected chi connectivity index (χ1v) is 7.55. The van der Waals surface area contributed by atoms with Crippen molar-refractivity contribution in [2.45, 2.75) is 32.6 Å². The Labute approximate surface area is 112 Å². The van der Waals surface area contributed by atoms with Gasteiger partial charge in [0.25, 0.3) is 5.91 Å². The molecule has 1 fully saturated rings. The Morgan fingerprint density at radius 3 is 3.28 bits per heavy atom. The summed E-state index contributed by atoms with van der Waals surface area (Å²) < 4.78 is 0. The maximum absolute atomic E-state index is 11.9. The Kier molecular flexibility index (Phi) is 5.13. The van der Waals surface area contributed by atoms with Gasteiger partial charge in [-0.05, 0) is 44.7 Å². The van der Waals surface area contributed by atoms with Crippen molar-refractivity contribution in [3.05, 3.63) is 16.1 Å². The van der Waals surface area contributed by atoms with Crippen LogP contribution in [-0.4, -0.2) is 30.5 Å². The van der Waals surface area contributed by atoms with Gasteiger partial charge in [0.05, 0.1) is 11.2 Å². The van der Waals surface area contributed by atoms with Gasteiger partial charge in [-0.2, -0.15) is 0 Å². The fraction of sp³-hybridized carbons (Fsp3) is 0.692. The molecule has 1 aromatic rings. The topological polar surface area (TPSA) is 54.0 Å². The lowest BCUT2D eigenvalue weighted by Crippen LogP contribution is -2.37. The highest BCUT2D eigenvalue weighted by atomic mass is 32.1. The number of piperidine rings is 1. The van der Waals surface area contributed by atoms with E-state index in [1.807, 2.05) is 0 Å². The molecule has 4 nitrogen and oxygen atoms in total. The van der Waals surface area contributed by atoms with Gasteiger partial charge in [-0.3, -0.25) is 4.79 Å². The summed E-state index contributed by atoms with van der Waals surface area (Å²) in [5.74, 6) is 0.603. The summed E-state index contributed by atoms with van der Waals surface area (Å²) in [5.41, 5.74) is 0. The van der Waals surface area contributed by atoms with E-state index in [1.165, 1.54) is 24.2 Å². The monoisotopic (exact) mass is 267 g/mol. The van der Waals surface area contributed by atoms with Crippen molar-refractivity contribution in [3.8, 4) is 0 Å². The molecule has 2 rings (SSSR count). The highest BCUT2D eigenvalue weighted by Gasteiger charge is 2.15. The zero-order valence-corrected chi connectivity index (χ0v) is 11.7. The number of amides is 1. The fourth-order valence-corrected chi connectivity index (χ4v) is 3.10. The number of aromatic nitrogens is 1. The maximum atomic E-state index is 11.9. The molecule has 1 aliphatic heterocycles. The van der Waals surface area contributed by atoms with E-state index < -0.39 is 0 Å². The van der Waals surface area contributed by atoms with Crippen LogP contribution in [0.2, 0.25) is 0 Å². The van der Waals surface area contributed by atoms with E-state index in [1.54, 1.807) is 6.20 Å². The van der Waals surface area contributed by atoms with E-state index in [-0.39, 0.29) is 5.91 Å². The number of nitrogens with zero attached hydrogens (tertiary/aromatic N) is 1. The minimum Gasteiger partial charge on any atom is -0.351 e. The highest BCUT2D eigenvalue weighted by Crippen LogP contribution is 2.15. The van der Waals surface area contributed by atoms with Gasteiger partial charge in [0.1, 0.15) is 4.88 Å². The number of aryl methyl sites for hydroxylation is 1. The molecule has 0 bridgehead atoms. The molecule has 1 atom stereocenters. The van der Waals surface area contributed by atoms with Gasteiger partial charge in [0, 0.05) is 6.54 Å². The van der Waals surface area contributed by atoms with Crippen LogP contribution in [0.4, 0.5) is 0 Å². The lowest BCUT2D eigenvalue weighted by molar-refractivity contribution is 0.0948. The summed E-state index contributed by atoms with van der Waals surface area (Å²) in [6.45, 7) is 5.02. The molecule has 1 aliphatic rings. The molecular weight excluding hydrogens is 246 g/mol. The summed E-state index contributed by atoms with van der Waals surface area (Å²) in [4.78, 5) is 16.9. The Morgan fingerprint density at radius 1 is 1.67 bits per heavy atom. The van der Waals surface area contributed by atoms with Crippen LogP contribution in [0.5, 0.6) is 0 Å². The van der Waals surface area contributed by atoms with Gasteiger partial charge in [-0.15, -0.1) is 11.3 Å². The van der Waals surface area contributed by atoms with Crippen molar-refractivity contribution < 1.29 is 4.79 Å². The van der Waals surface area contributed by atoms with E-state index in [2.05, 4.69) is 22.5 Å². The third-order valence-electron chi connectivity index (χ3n) is 3.19. The molecule has 18 heavy (non-hydrogen) atoms. The van der Waals surface area contributed by atoms with Crippen LogP contribution in [-0.2, 0) is 6.42 Å². The Bertz CT molecular complexity index is 385. The van der Waals surface area contributed by atoms with E-state index in [0.717, 1.165) is 42.4 Å². The number of carbonyl (C=O) groups is 1. The SMILES string of the molecule is CCCc1ncc(C(=O)NCC2CCCNC2)s1. The number of hydrogen-bond donors (Lipinski definition) is 2. The molecule has 1 aromatic heterocycles. The molecule has 1 unspecified atom stereocenters. The third kappa shape index (κ3) is 3.78. The average molecular weight is 267 g/mol. The van der Waals surface area contributed by atoms with Crippen LogP contribution in [0, 0.1) is 5.92 Å². The van der Waals surface area contributed by atoms with Crippen LogP contribution < -0.4 is 10.6 Å². The van der Waals surface area contributed by atoms with E-state index in [9.17, 15) is 4.79 Å². The second-order valence-corrected chi connectivity index (χ2v) is 5.91. The largest absolute Gasteiger partial charge is 0.351 e. The lowest BCUT2D eigenvalue weighted by atomic mass is 10.00. The van der Waals surface area contributed by atoms with Gasteiger partial charge in [0.15, 0.2) is 0 Å². The molecular formula is C13H21N3OS. The molecule has 5 heteroatoms. The molecule has 0 aromatic carbocycles. The summed E-state index contributed by atoms with van der Waals surface area (Å²) in [7, 11) is 0. The van der Waals surface area contributed by atoms with Gasteiger partial charge in [-0.1, -0.05) is 6.92 Å². The van der Waals surface area contributed by atoms with Gasteiger partial charge < -0.3 is 10.6 Å². The summed E-state index contributed by atoms with van der Waals surface area (Å²) >= 11 is 1.51. The molecule has 1 saturated heterocycles. The smallest absolute Gasteiger partial charge is 0.263 e. The van der Waals surface area contributed by atoms with E-state index in [0.29, 0.717) is 5.92 Å². The molecule has 0 saturated carbocycles. The lowest BCUT2D eigenvalue weighted by Gasteiger charge is -2.22. The molecule has 100 valence electrons. The number of hydrogen-bond acceptors (Lipinski definition) is 4. The van der Waals surface area contributed by atoms with Gasteiger partial charge in [-0.25, -0.2) is 4.98 Å². The normalized spacial score (nSPS) is 19.7. The Morgan fingerprint density at radius 2 is 2.56 bits per heavy atom. The van der Waals surface area contributed by atoms with E-state index >= 15 is 0 Å². The second kappa shape index (κ2) is 6.85. The zero-order valence-electron chi connectivity index (χ0n) is 10.9. The summed E-state index contributed by atoms with van der Waals surface area (Å²) in [5, 5.41) is 7.43. The number of rotatable bonds is 5. The van der Waals surface area contributed by atoms with Crippen LogP contribution in [0.3, 0.4) is 0 Å². The van der Waals surface area contributed by atoms with Crippen molar-refractivity contribution >= 4 is 17.2 Å². The standard InChI is InChI=1S/C13H21N3OS/c1-2-4-12-15-9-11(18-12)13(17)16-8-10-5-3-6-14-7-10/h9-10,14H,2-8H2,1H3,(H,16,17). The van der Waals surface area contributed by atoms with Gasteiger partial charge >= 0.3 is 0 Å². The third-order valence-corrected chi connectivity index (χ3v) is 4.25.